The minimum absolute atomic E-state index is 0.00178. The van der Waals surface area contributed by atoms with E-state index in [1.54, 1.807) is 6.26 Å². The molecule has 1 saturated carbocycles. The summed E-state index contributed by atoms with van der Waals surface area (Å²) in [5.74, 6) is 2.33. The number of piperazine rings is 1. The molecular weight excluding hydrogens is 354 g/mol. The third-order valence-electron chi connectivity index (χ3n) is 6.54. The van der Waals surface area contributed by atoms with Crippen molar-refractivity contribution in [3.05, 3.63) is 24.6 Å². The van der Waals surface area contributed by atoms with Crippen molar-refractivity contribution in [2.75, 3.05) is 44.2 Å². The molecule has 2 fully saturated rings. The summed E-state index contributed by atoms with van der Waals surface area (Å²) in [4.78, 5) is 20.9. The molecule has 1 aliphatic carbocycles. The lowest BCUT2D eigenvalue weighted by Crippen LogP contribution is -2.47. The molecule has 2 aliphatic rings. The van der Waals surface area contributed by atoms with E-state index >= 15 is 0 Å². The zero-order valence-electron chi connectivity index (χ0n) is 16.6. The van der Waals surface area contributed by atoms with Crippen LogP contribution in [0.1, 0.15) is 38.5 Å². The fraction of sp³-hybridized carbons (Fsp3) is 0.636. The molecule has 0 spiro atoms. The predicted molar refractivity (Wildman–Crippen MR) is 109 cm³/mol. The van der Waals surface area contributed by atoms with Crippen LogP contribution in [0.3, 0.4) is 0 Å². The highest BCUT2D eigenvalue weighted by Crippen LogP contribution is 2.33. The summed E-state index contributed by atoms with van der Waals surface area (Å²) >= 11 is 0. The van der Waals surface area contributed by atoms with E-state index in [0.29, 0.717) is 12.3 Å². The molecule has 0 unspecified atom stereocenters. The smallest absolute Gasteiger partial charge is 0.158 e. The maximum absolute atomic E-state index is 11.4. The van der Waals surface area contributed by atoms with Crippen LogP contribution in [-0.4, -0.2) is 60.1 Å². The maximum Gasteiger partial charge on any atom is 0.158 e. The van der Waals surface area contributed by atoms with Crippen molar-refractivity contribution in [2.24, 2.45) is 11.8 Å². The normalized spacial score (nSPS) is 24.0. The van der Waals surface area contributed by atoms with Gasteiger partial charge in [0.25, 0.3) is 0 Å². The van der Waals surface area contributed by atoms with Gasteiger partial charge >= 0.3 is 0 Å². The van der Waals surface area contributed by atoms with Gasteiger partial charge < -0.3 is 14.4 Å². The second kappa shape index (κ2) is 9.05. The summed E-state index contributed by atoms with van der Waals surface area (Å²) in [7, 11) is 0. The SMILES string of the molecule is O=C(CO)CC1CCC(CCN2CCN(c3nccc4occc34)CC2)CC1. The number of fused-ring (bicyclic) bond motifs is 1. The number of aliphatic hydroxyl groups is 1. The van der Waals surface area contributed by atoms with Gasteiger partial charge in [0.2, 0.25) is 0 Å². The molecule has 0 bridgehead atoms. The number of pyridine rings is 1. The number of carbonyl (C=O) groups is 1. The zero-order valence-corrected chi connectivity index (χ0v) is 16.6. The summed E-state index contributed by atoms with van der Waals surface area (Å²) in [6, 6.07) is 3.93. The molecular formula is C22H31N3O3. The third kappa shape index (κ3) is 4.55. The van der Waals surface area contributed by atoms with E-state index in [-0.39, 0.29) is 12.4 Å². The van der Waals surface area contributed by atoms with Crippen molar-refractivity contribution in [1.29, 1.82) is 0 Å². The first kappa shape index (κ1) is 19.4. The van der Waals surface area contributed by atoms with Gasteiger partial charge in [-0.2, -0.15) is 0 Å². The Morgan fingerprint density at radius 2 is 1.86 bits per heavy atom. The first-order chi connectivity index (χ1) is 13.7. The van der Waals surface area contributed by atoms with Crippen LogP contribution < -0.4 is 4.90 Å². The number of Topliss-reactive ketones (excluding diaryl/α,β-unsaturated/α-hetero) is 1. The lowest BCUT2D eigenvalue weighted by atomic mass is 9.78. The maximum atomic E-state index is 11.4. The molecule has 2 aromatic rings. The van der Waals surface area contributed by atoms with E-state index in [2.05, 4.69) is 14.8 Å². The Bertz CT molecular complexity index is 774. The molecule has 0 atom stereocenters. The molecule has 0 radical (unpaired) electrons. The van der Waals surface area contributed by atoms with Crippen molar-refractivity contribution >= 4 is 22.6 Å². The van der Waals surface area contributed by atoms with Crippen LogP contribution in [0.15, 0.2) is 29.0 Å². The Hall–Kier alpha value is -1.92. The van der Waals surface area contributed by atoms with E-state index in [1.807, 2.05) is 18.3 Å². The van der Waals surface area contributed by atoms with E-state index in [1.165, 1.54) is 25.8 Å². The van der Waals surface area contributed by atoms with E-state index < -0.39 is 0 Å². The molecule has 0 aromatic carbocycles. The molecule has 3 heterocycles. The van der Waals surface area contributed by atoms with Crippen LogP contribution in [0, 0.1) is 11.8 Å². The molecule has 6 heteroatoms. The number of hydrogen-bond acceptors (Lipinski definition) is 6. The zero-order chi connectivity index (χ0) is 19.3. The summed E-state index contributed by atoms with van der Waals surface area (Å²) in [6.45, 7) is 5.05. The quantitative estimate of drug-likeness (QED) is 0.790. The van der Waals surface area contributed by atoms with Gasteiger partial charge in [-0.05, 0) is 49.8 Å². The number of rotatable bonds is 7. The van der Waals surface area contributed by atoms with Crippen LogP contribution in [0.4, 0.5) is 5.82 Å². The number of aromatic nitrogens is 1. The largest absolute Gasteiger partial charge is 0.464 e. The topological polar surface area (TPSA) is 69.8 Å². The van der Waals surface area contributed by atoms with Crippen molar-refractivity contribution < 1.29 is 14.3 Å². The van der Waals surface area contributed by atoms with Crippen LogP contribution in [0.2, 0.25) is 0 Å². The molecule has 0 amide bonds. The average Bonchev–Trinajstić information content (AvgIpc) is 3.22. The Labute approximate surface area is 166 Å². The van der Waals surface area contributed by atoms with Crippen LogP contribution in [0.5, 0.6) is 0 Å². The van der Waals surface area contributed by atoms with Gasteiger partial charge in [-0.1, -0.05) is 12.8 Å². The first-order valence-electron chi connectivity index (χ1n) is 10.6. The summed E-state index contributed by atoms with van der Waals surface area (Å²) in [6.07, 6.45) is 10.2. The second-order valence-electron chi connectivity index (χ2n) is 8.37. The van der Waals surface area contributed by atoms with Crippen molar-refractivity contribution in [3.63, 3.8) is 0 Å². The molecule has 1 aliphatic heterocycles. The fourth-order valence-electron chi connectivity index (χ4n) is 4.79. The molecule has 152 valence electrons. The Morgan fingerprint density at radius 3 is 2.61 bits per heavy atom. The third-order valence-corrected chi connectivity index (χ3v) is 6.54. The number of furan rings is 1. The number of carbonyl (C=O) groups excluding carboxylic acids is 1. The minimum Gasteiger partial charge on any atom is -0.464 e. The van der Waals surface area contributed by atoms with Gasteiger partial charge in [0.1, 0.15) is 18.0 Å². The summed E-state index contributed by atoms with van der Waals surface area (Å²) in [5, 5.41) is 10.0. The highest BCUT2D eigenvalue weighted by molar-refractivity contribution is 5.88. The van der Waals surface area contributed by atoms with E-state index in [4.69, 9.17) is 9.52 Å². The predicted octanol–water partition coefficient (Wildman–Crippen LogP) is 3.10. The highest BCUT2D eigenvalue weighted by atomic mass is 16.3. The molecule has 6 nitrogen and oxygen atoms in total. The number of aliphatic hydroxyl groups excluding tert-OH is 1. The van der Waals surface area contributed by atoms with Crippen molar-refractivity contribution in [2.45, 2.75) is 38.5 Å². The number of nitrogens with zero attached hydrogens (tertiary/aromatic N) is 3. The molecule has 2 aromatic heterocycles. The van der Waals surface area contributed by atoms with E-state index in [0.717, 1.165) is 61.7 Å². The first-order valence-corrected chi connectivity index (χ1v) is 10.6. The average molecular weight is 386 g/mol. The molecule has 28 heavy (non-hydrogen) atoms. The summed E-state index contributed by atoms with van der Waals surface area (Å²) in [5.41, 5.74) is 0.906. The van der Waals surface area contributed by atoms with Crippen molar-refractivity contribution in [3.8, 4) is 0 Å². The lowest BCUT2D eigenvalue weighted by molar-refractivity contribution is -0.122. The second-order valence-corrected chi connectivity index (χ2v) is 8.37. The van der Waals surface area contributed by atoms with Gasteiger partial charge in [0.15, 0.2) is 5.78 Å². The van der Waals surface area contributed by atoms with Gasteiger partial charge in [0.05, 0.1) is 11.6 Å². The minimum atomic E-state index is -0.295. The van der Waals surface area contributed by atoms with Gasteiger partial charge in [-0.3, -0.25) is 9.69 Å². The lowest BCUT2D eigenvalue weighted by Gasteiger charge is -2.36. The highest BCUT2D eigenvalue weighted by Gasteiger charge is 2.25. The number of hydrogen-bond donors (Lipinski definition) is 1. The molecule has 1 N–H and O–H groups in total. The van der Waals surface area contributed by atoms with Crippen molar-refractivity contribution in [1.82, 2.24) is 9.88 Å². The summed E-state index contributed by atoms with van der Waals surface area (Å²) < 4.78 is 5.50. The van der Waals surface area contributed by atoms with Gasteiger partial charge in [-0.15, -0.1) is 0 Å². The van der Waals surface area contributed by atoms with Crippen LogP contribution in [0.25, 0.3) is 11.0 Å². The van der Waals surface area contributed by atoms with Gasteiger partial charge in [-0.25, -0.2) is 4.98 Å². The molecule has 1 saturated heterocycles. The standard InChI is InChI=1S/C22H31N3O3/c26-16-19(27)15-18-3-1-17(2-4-18)6-9-24-10-12-25(13-11-24)22-20-7-14-28-21(20)5-8-23-22/h5,7-8,14,17-18,26H,1-4,6,9-13,15-16H2. The van der Waals surface area contributed by atoms with Crippen LogP contribution >= 0.6 is 0 Å². The number of ketones is 1. The Balaban J connectivity index is 1.19. The monoisotopic (exact) mass is 385 g/mol. The fourth-order valence-corrected chi connectivity index (χ4v) is 4.79. The van der Waals surface area contributed by atoms with Crippen LogP contribution in [-0.2, 0) is 4.79 Å². The van der Waals surface area contributed by atoms with Gasteiger partial charge in [0, 0.05) is 38.8 Å². The Kier molecular flexibility index (Phi) is 6.27. The Morgan fingerprint density at radius 1 is 1.11 bits per heavy atom. The molecule has 4 rings (SSSR count). The van der Waals surface area contributed by atoms with E-state index in [9.17, 15) is 4.79 Å². The number of anilines is 1.